The van der Waals surface area contributed by atoms with Gasteiger partial charge in [0.05, 0.1) is 12.2 Å². The normalized spacial score (nSPS) is 20.2. The zero-order valence-corrected chi connectivity index (χ0v) is 11.4. The van der Waals surface area contributed by atoms with Crippen LogP contribution in [0, 0.1) is 6.92 Å². The minimum Gasteiger partial charge on any atom is -0.459 e. The van der Waals surface area contributed by atoms with Crippen molar-refractivity contribution in [3.63, 3.8) is 0 Å². The van der Waals surface area contributed by atoms with E-state index in [2.05, 4.69) is 4.90 Å². The molecule has 1 unspecified atom stereocenters. The molecule has 5 heteroatoms. The first-order valence-corrected chi connectivity index (χ1v) is 6.39. The lowest BCUT2D eigenvalue weighted by atomic mass is 10.1. The number of anilines is 1. The summed E-state index contributed by atoms with van der Waals surface area (Å²) in [6.07, 6.45) is -0.0439. The molecule has 0 amide bonds. The summed E-state index contributed by atoms with van der Waals surface area (Å²) >= 11 is 0. The Morgan fingerprint density at radius 2 is 2.37 bits per heavy atom. The monoisotopic (exact) mass is 264 g/mol. The average molecular weight is 264 g/mol. The zero-order chi connectivity index (χ0) is 13.8. The van der Waals surface area contributed by atoms with Crippen LogP contribution in [0.5, 0.6) is 0 Å². The molecule has 0 saturated carbocycles. The number of likely N-dealkylation sites (N-methyl/N-ethyl adjacent to an activating group) is 1. The third-order valence-electron chi connectivity index (χ3n) is 3.25. The van der Waals surface area contributed by atoms with Gasteiger partial charge in [-0.25, -0.2) is 4.79 Å². The van der Waals surface area contributed by atoms with E-state index in [1.54, 1.807) is 18.2 Å². The van der Waals surface area contributed by atoms with Gasteiger partial charge in [0.1, 0.15) is 12.7 Å². The second kappa shape index (κ2) is 6.04. The van der Waals surface area contributed by atoms with Crippen molar-refractivity contribution in [2.75, 3.05) is 39.1 Å². The molecule has 5 nitrogen and oxygen atoms in total. The fourth-order valence-electron chi connectivity index (χ4n) is 2.02. The quantitative estimate of drug-likeness (QED) is 0.653. The van der Waals surface area contributed by atoms with Gasteiger partial charge in [0, 0.05) is 18.8 Å². The summed E-state index contributed by atoms with van der Waals surface area (Å²) in [5.41, 5.74) is 7.79. The van der Waals surface area contributed by atoms with Crippen molar-refractivity contribution in [1.82, 2.24) is 4.90 Å². The Kier molecular flexibility index (Phi) is 4.39. The number of ether oxygens (including phenoxy) is 2. The highest BCUT2D eigenvalue weighted by molar-refractivity contribution is 5.90. The first-order chi connectivity index (χ1) is 9.06. The molecule has 1 aliphatic heterocycles. The molecular weight excluding hydrogens is 244 g/mol. The van der Waals surface area contributed by atoms with Crippen LogP contribution in [0.3, 0.4) is 0 Å². The predicted molar refractivity (Wildman–Crippen MR) is 73.1 cm³/mol. The van der Waals surface area contributed by atoms with Crippen LogP contribution in [0.2, 0.25) is 0 Å². The minimum atomic E-state index is -0.333. The van der Waals surface area contributed by atoms with Gasteiger partial charge in [0.15, 0.2) is 0 Å². The molecule has 19 heavy (non-hydrogen) atoms. The van der Waals surface area contributed by atoms with E-state index in [1.807, 2.05) is 14.0 Å². The third-order valence-corrected chi connectivity index (χ3v) is 3.25. The highest BCUT2D eigenvalue weighted by Gasteiger charge is 2.19. The molecule has 104 valence electrons. The summed E-state index contributed by atoms with van der Waals surface area (Å²) in [5.74, 6) is -0.333. The number of nitrogens with zero attached hydrogens (tertiary/aromatic N) is 1. The van der Waals surface area contributed by atoms with Crippen LogP contribution in [-0.4, -0.2) is 50.3 Å². The molecular formula is C14H20N2O3. The molecule has 0 aliphatic carbocycles. The molecule has 1 aromatic carbocycles. The predicted octanol–water partition coefficient (Wildman–Crippen LogP) is 1.06. The highest BCUT2D eigenvalue weighted by atomic mass is 16.6. The van der Waals surface area contributed by atoms with Gasteiger partial charge in [-0.15, -0.1) is 0 Å². The largest absolute Gasteiger partial charge is 0.459 e. The first kappa shape index (κ1) is 13.8. The number of carbonyl (C=O) groups excluding carboxylic acids is 1. The van der Waals surface area contributed by atoms with Gasteiger partial charge in [-0.3, -0.25) is 0 Å². The van der Waals surface area contributed by atoms with Crippen LogP contribution in [0.1, 0.15) is 15.9 Å². The topological polar surface area (TPSA) is 64.8 Å². The lowest BCUT2D eigenvalue weighted by Gasteiger charge is -2.29. The van der Waals surface area contributed by atoms with Crippen molar-refractivity contribution < 1.29 is 14.3 Å². The maximum Gasteiger partial charge on any atom is 0.338 e. The van der Waals surface area contributed by atoms with E-state index < -0.39 is 0 Å². The fraction of sp³-hybridized carbons (Fsp3) is 0.500. The van der Waals surface area contributed by atoms with Crippen molar-refractivity contribution in [1.29, 1.82) is 0 Å². The molecule has 1 aliphatic rings. The Bertz CT molecular complexity index is 462. The molecule has 2 N–H and O–H groups in total. The van der Waals surface area contributed by atoms with E-state index in [0.29, 0.717) is 17.9 Å². The van der Waals surface area contributed by atoms with E-state index in [1.165, 1.54) is 0 Å². The average Bonchev–Trinajstić information content (AvgIpc) is 2.39. The standard InChI is InChI=1S/C14H20N2O3/c1-10-7-11(3-4-13(10)15)14(17)19-9-12-8-16(2)5-6-18-12/h3-4,7,12H,5-6,8-9,15H2,1-2H3. The lowest BCUT2D eigenvalue weighted by Crippen LogP contribution is -2.42. The number of hydrogen-bond acceptors (Lipinski definition) is 5. The third kappa shape index (κ3) is 3.68. The second-order valence-electron chi connectivity index (χ2n) is 4.92. The first-order valence-electron chi connectivity index (χ1n) is 6.39. The number of aryl methyl sites for hydroxylation is 1. The lowest BCUT2D eigenvalue weighted by molar-refractivity contribution is -0.0528. The van der Waals surface area contributed by atoms with Gasteiger partial charge >= 0.3 is 5.97 Å². The molecule has 2 rings (SSSR count). The van der Waals surface area contributed by atoms with Crippen LogP contribution in [0.4, 0.5) is 5.69 Å². The Balaban J connectivity index is 1.88. The number of nitrogen functional groups attached to an aromatic ring is 1. The van der Waals surface area contributed by atoms with Crippen molar-refractivity contribution in [3.05, 3.63) is 29.3 Å². The van der Waals surface area contributed by atoms with E-state index in [-0.39, 0.29) is 18.7 Å². The zero-order valence-electron chi connectivity index (χ0n) is 11.4. The molecule has 1 aromatic rings. The summed E-state index contributed by atoms with van der Waals surface area (Å²) in [6, 6.07) is 5.14. The van der Waals surface area contributed by atoms with E-state index in [9.17, 15) is 4.79 Å². The maximum absolute atomic E-state index is 11.9. The number of morpholine rings is 1. The molecule has 0 spiro atoms. The molecule has 1 atom stereocenters. The van der Waals surface area contributed by atoms with Crippen molar-refractivity contribution >= 4 is 11.7 Å². The highest BCUT2D eigenvalue weighted by Crippen LogP contribution is 2.14. The van der Waals surface area contributed by atoms with Crippen LogP contribution in [-0.2, 0) is 9.47 Å². The minimum absolute atomic E-state index is 0.0439. The van der Waals surface area contributed by atoms with Crippen LogP contribution in [0.15, 0.2) is 18.2 Å². The number of esters is 1. The van der Waals surface area contributed by atoms with Crippen molar-refractivity contribution in [2.24, 2.45) is 0 Å². The molecule has 1 fully saturated rings. The maximum atomic E-state index is 11.9. The molecule has 1 heterocycles. The van der Waals surface area contributed by atoms with Crippen LogP contribution in [0.25, 0.3) is 0 Å². The van der Waals surface area contributed by atoms with E-state index in [0.717, 1.165) is 18.7 Å². The van der Waals surface area contributed by atoms with Gasteiger partial charge in [-0.2, -0.15) is 0 Å². The molecule has 1 saturated heterocycles. The fourth-order valence-corrected chi connectivity index (χ4v) is 2.02. The summed E-state index contributed by atoms with van der Waals surface area (Å²) in [5, 5.41) is 0. The smallest absolute Gasteiger partial charge is 0.338 e. The molecule has 0 bridgehead atoms. The van der Waals surface area contributed by atoms with Crippen LogP contribution >= 0.6 is 0 Å². The summed E-state index contributed by atoms with van der Waals surface area (Å²) < 4.78 is 10.8. The number of rotatable bonds is 3. The summed E-state index contributed by atoms with van der Waals surface area (Å²) in [4.78, 5) is 14.1. The van der Waals surface area contributed by atoms with Crippen molar-refractivity contribution in [3.8, 4) is 0 Å². The molecule has 0 aromatic heterocycles. The van der Waals surface area contributed by atoms with Gasteiger partial charge in [0.2, 0.25) is 0 Å². The summed E-state index contributed by atoms with van der Waals surface area (Å²) in [7, 11) is 2.03. The summed E-state index contributed by atoms with van der Waals surface area (Å²) in [6.45, 7) is 4.53. The Morgan fingerprint density at radius 3 is 3.05 bits per heavy atom. The number of hydrogen-bond donors (Lipinski definition) is 1. The Morgan fingerprint density at radius 1 is 1.58 bits per heavy atom. The van der Waals surface area contributed by atoms with Gasteiger partial charge < -0.3 is 20.1 Å². The Labute approximate surface area is 113 Å². The van der Waals surface area contributed by atoms with Gasteiger partial charge in [-0.05, 0) is 37.7 Å². The second-order valence-corrected chi connectivity index (χ2v) is 4.92. The van der Waals surface area contributed by atoms with Gasteiger partial charge in [0.25, 0.3) is 0 Å². The van der Waals surface area contributed by atoms with Crippen molar-refractivity contribution in [2.45, 2.75) is 13.0 Å². The number of nitrogens with two attached hydrogens (primary N) is 1. The Hall–Kier alpha value is -1.59. The van der Waals surface area contributed by atoms with Crippen LogP contribution < -0.4 is 5.73 Å². The van der Waals surface area contributed by atoms with E-state index >= 15 is 0 Å². The molecule has 0 radical (unpaired) electrons. The van der Waals surface area contributed by atoms with E-state index in [4.69, 9.17) is 15.2 Å². The SMILES string of the molecule is Cc1cc(C(=O)OCC2CN(C)CCO2)ccc1N. The number of carbonyl (C=O) groups is 1. The number of benzene rings is 1. The van der Waals surface area contributed by atoms with Gasteiger partial charge in [-0.1, -0.05) is 0 Å².